The molecule has 0 bridgehead atoms. The standard InChI is InChI=1S/C9H7Br2NO2/c1-13-6-3-5(4-12)7(10)8(11)9(6)14-2/h3H,1-2H3. The van der Waals surface area contributed by atoms with Crippen molar-refractivity contribution in [1.29, 1.82) is 5.26 Å². The van der Waals surface area contributed by atoms with Crippen LogP contribution in [-0.4, -0.2) is 14.2 Å². The second-order valence-electron chi connectivity index (χ2n) is 2.40. The number of nitrogens with zero attached hydrogens (tertiary/aromatic N) is 1. The lowest BCUT2D eigenvalue weighted by Gasteiger charge is -2.11. The summed E-state index contributed by atoms with van der Waals surface area (Å²) >= 11 is 6.61. The molecule has 1 aromatic carbocycles. The number of halogens is 2. The number of ether oxygens (including phenoxy) is 2. The van der Waals surface area contributed by atoms with Gasteiger partial charge in [-0.2, -0.15) is 5.26 Å². The first-order valence-electron chi connectivity index (χ1n) is 3.65. The zero-order valence-electron chi connectivity index (χ0n) is 7.60. The summed E-state index contributed by atoms with van der Waals surface area (Å²) in [7, 11) is 3.07. The SMILES string of the molecule is COc1cc(C#N)c(Br)c(Br)c1OC. The Labute approximate surface area is 98.9 Å². The molecule has 0 spiro atoms. The van der Waals surface area contributed by atoms with Crippen molar-refractivity contribution in [2.45, 2.75) is 0 Å². The van der Waals surface area contributed by atoms with E-state index in [0.717, 1.165) is 0 Å². The van der Waals surface area contributed by atoms with Gasteiger partial charge in [-0.15, -0.1) is 0 Å². The van der Waals surface area contributed by atoms with Gasteiger partial charge in [-0.25, -0.2) is 0 Å². The highest BCUT2D eigenvalue weighted by molar-refractivity contribution is 9.13. The molecule has 0 saturated heterocycles. The Kier molecular flexibility index (Phi) is 3.78. The minimum atomic E-state index is 0.495. The Hall–Kier alpha value is -0.730. The lowest BCUT2D eigenvalue weighted by atomic mass is 10.2. The first kappa shape index (κ1) is 11.3. The molecule has 1 rings (SSSR count). The summed E-state index contributed by atoms with van der Waals surface area (Å²) in [6.07, 6.45) is 0. The molecule has 0 N–H and O–H groups in total. The highest BCUT2D eigenvalue weighted by Crippen LogP contribution is 2.42. The summed E-state index contributed by atoms with van der Waals surface area (Å²) in [4.78, 5) is 0. The molecular weight excluding hydrogens is 314 g/mol. The van der Waals surface area contributed by atoms with Crippen LogP contribution in [0.1, 0.15) is 5.56 Å². The smallest absolute Gasteiger partial charge is 0.176 e. The summed E-state index contributed by atoms with van der Waals surface area (Å²) in [5.41, 5.74) is 0.495. The third kappa shape index (κ3) is 1.86. The van der Waals surface area contributed by atoms with Crippen molar-refractivity contribution in [3.05, 3.63) is 20.6 Å². The van der Waals surface area contributed by atoms with E-state index in [0.29, 0.717) is 26.0 Å². The molecule has 74 valence electrons. The molecule has 0 atom stereocenters. The van der Waals surface area contributed by atoms with Gasteiger partial charge in [-0.1, -0.05) is 0 Å². The first-order chi connectivity index (χ1) is 6.65. The predicted molar refractivity (Wildman–Crippen MR) is 59.7 cm³/mol. The first-order valence-corrected chi connectivity index (χ1v) is 5.24. The van der Waals surface area contributed by atoms with E-state index in [9.17, 15) is 0 Å². The highest BCUT2D eigenvalue weighted by atomic mass is 79.9. The maximum Gasteiger partial charge on any atom is 0.176 e. The number of hydrogen-bond acceptors (Lipinski definition) is 3. The molecule has 5 heteroatoms. The zero-order chi connectivity index (χ0) is 10.7. The fourth-order valence-corrected chi connectivity index (χ4v) is 1.96. The summed E-state index contributed by atoms with van der Waals surface area (Å²) in [5, 5.41) is 8.83. The van der Waals surface area contributed by atoms with Crippen LogP contribution in [0.5, 0.6) is 11.5 Å². The number of hydrogen-bond donors (Lipinski definition) is 0. The summed E-state index contributed by atoms with van der Waals surface area (Å²) < 4.78 is 11.6. The van der Waals surface area contributed by atoms with Crippen molar-refractivity contribution < 1.29 is 9.47 Å². The number of rotatable bonds is 2. The Morgan fingerprint density at radius 2 is 1.86 bits per heavy atom. The van der Waals surface area contributed by atoms with Crippen LogP contribution in [-0.2, 0) is 0 Å². The molecule has 3 nitrogen and oxygen atoms in total. The fraction of sp³-hybridized carbons (Fsp3) is 0.222. The molecule has 0 heterocycles. The van der Waals surface area contributed by atoms with E-state index in [1.165, 1.54) is 7.11 Å². The molecular formula is C9H7Br2NO2. The maximum atomic E-state index is 8.83. The van der Waals surface area contributed by atoms with Gasteiger partial charge in [0.2, 0.25) is 0 Å². The van der Waals surface area contributed by atoms with Crippen LogP contribution in [0.4, 0.5) is 0 Å². The fourth-order valence-electron chi connectivity index (χ4n) is 1.01. The minimum Gasteiger partial charge on any atom is -0.493 e. The summed E-state index contributed by atoms with van der Waals surface area (Å²) in [6, 6.07) is 3.67. The zero-order valence-corrected chi connectivity index (χ0v) is 10.8. The molecule has 0 unspecified atom stereocenters. The second-order valence-corrected chi connectivity index (χ2v) is 3.99. The topological polar surface area (TPSA) is 42.2 Å². The van der Waals surface area contributed by atoms with Crippen LogP contribution in [0.2, 0.25) is 0 Å². The van der Waals surface area contributed by atoms with Crippen molar-refractivity contribution in [2.75, 3.05) is 14.2 Å². The largest absolute Gasteiger partial charge is 0.493 e. The predicted octanol–water partition coefficient (Wildman–Crippen LogP) is 3.10. The summed E-state index contributed by atoms with van der Waals surface area (Å²) in [6.45, 7) is 0. The van der Waals surface area contributed by atoms with Gasteiger partial charge in [0, 0.05) is 6.07 Å². The van der Waals surface area contributed by atoms with E-state index >= 15 is 0 Å². The van der Waals surface area contributed by atoms with Crippen LogP contribution in [0.15, 0.2) is 15.0 Å². The van der Waals surface area contributed by atoms with Gasteiger partial charge in [-0.3, -0.25) is 0 Å². The lowest BCUT2D eigenvalue weighted by molar-refractivity contribution is 0.352. The summed E-state index contributed by atoms with van der Waals surface area (Å²) in [5.74, 6) is 1.09. The van der Waals surface area contributed by atoms with Gasteiger partial charge >= 0.3 is 0 Å². The molecule has 0 aromatic heterocycles. The van der Waals surface area contributed by atoms with Gasteiger partial charge in [0.25, 0.3) is 0 Å². The van der Waals surface area contributed by atoms with Gasteiger partial charge in [-0.05, 0) is 31.9 Å². The quantitative estimate of drug-likeness (QED) is 0.841. The van der Waals surface area contributed by atoms with E-state index < -0.39 is 0 Å². The van der Waals surface area contributed by atoms with E-state index in [1.54, 1.807) is 13.2 Å². The van der Waals surface area contributed by atoms with E-state index in [2.05, 4.69) is 31.9 Å². The van der Waals surface area contributed by atoms with Crippen molar-refractivity contribution in [2.24, 2.45) is 0 Å². The van der Waals surface area contributed by atoms with E-state index in [1.807, 2.05) is 6.07 Å². The van der Waals surface area contributed by atoms with Crippen LogP contribution in [0.3, 0.4) is 0 Å². The van der Waals surface area contributed by atoms with Gasteiger partial charge in [0.1, 0.15) is 6.07 Å². The molecule has 0 amide bonds. The number of nitriles is 1. The van der Waals surface area contributed by atoms with Crippen molar-refractivity contribution in [3.63, 3.8) is 0 Å². The number of methoxy groups -OCH3 is 2. The number of benzene rings is 1. The molecule has 0 fully saturated rings. The van der Waals surface area contributed by atoms with Crippen molar-refractivity contribution in [3.8, 4) is 17.6 Å². The Bertz CT molecular complexity index is 399. The molecule has 14 heavy (non-hydrogen) atoms. The van der Waals surface area contributed by atoms with Crippen LogP contribution < -0.4 is 9.47 Å². The molecule has 0 radical (unpaired) electrons. The third-order valence-electron chi connectivity index (χ3n) is 1.67. The highest BCUT2D eigenvalue weighted by Gasteiger charge is 2.15. The normalized spacial score (nSPS) is 9.36. The Morgan fingerprint density at radius 1 is 1.21 bits per heavy atom. The Morgan fingerprint density at radius 3 is 2.29 bits per heavy atom. The average molecular weight is 321 g/mol. The minimum absolute atomic E-state index is 0.495. The van der Waals surface area contributed by atoms with Crippen molar-refractivity contribution >= 4 is 31.9 Å². The molecule has 0 saturated carbocycles. The van der Waals surface area contributed by atoms with Crippen LogP contribution >= 0.6 is 31.9 Å². The van der Waals surface area contributed by atoms with Crippen LogP contribution in [0, 0.1) is 11.3 Å². The Balaban J connectivity index is 3.48. The van der Waals surface area contributed by atoms with Crippen molar-refractivity contribution in [1.82, 2.24) is 0 Å². The van der Waals surface area contributed by atoms with E-state index in [-0.39, 0.29) is 0 Å². The maximum absolute atomic E-state index is 8.83. The monoisotopic (exact) mass is 319 g/mol. The average Bonchev–Trinajstić information content (AvgIpc) is 2.21. The van der Waals surface area contributed by atoms with E-state index in [4.69, 9.17) is 14.7 Å². The third-order valence-corrected chi connectivity index (χ3v) is 3.78. The van der Waals surface area contributed by atoms with Gasteiger partial charge < -0.3 is 9.47 Å². The van der Waals surface area contributed by atoms with Gasteiger partial charge in [0.15, 0.2) is 11.5 Å². The molecule has 0 aliphatic rings. The second kappa shape index (κ2) is 4.67. The lowest BCUT2D eigenvalue weighted by Crippen LogP contribution is -1.94. The molecule has 0 aliphatic carbocycles. The van der Waals surface area contributed by atoms with Crippen LogP contribution in [0.25, 0.3) is 0 Å². The molecule has 1 aromatic rings. The van der Waals surface area contributed by atoms with Gasteiger partial charge in [0.05, 0.1) is 28.7 Å². The molecule has 0 aliphatic heterocycles.